The molecular formula is C29H30N2O5. The number of para-hydroxylation sites is 1. The zero-order valence-electron chi connectivity index (χ0n) is 20.6. The normalized spacial score (nSPS) is 23.4. The summed E-state index contributed by atoms with van der Waals surface area (Å²) in [5.74, 6) is -1.74. The van der Waals surface area contributed by atoms with E-state index in [0.29, 0.717) is 24.3 Å². The van der Waals surface area contributed by atoms with Gasteiger partial charge in [-0.1, -0.05) is 44.2 Å². The fourth-order valence-electron chi connectivity index (χ4n) is 5.56. The Morgan fingerprint density at radius 3 is 2.03 bits per heavy atom. The van der Waals surface area contributed by atoms with Gasteiger partial charge in [0.15, 0.2) is 0 Å². The largest absolute Gasteiger partial charge is 0.426 e. The van der Waals surface area contributed by atoms with E-state index in [2.05, 4.69) is 13.8 Å². The smallest absolute Gasteiger partial charge is 0.316 e. The number of rotatable bonds is 6. The van der Waals surface area contributed by atoms with E-state index in [1.165, 1.54) is 4.90 Å². The minimum atomic E-state index is -0.566. The number of hydrogen-bond donors (Lipinski definition) is 0. The highest BCUT2D eigenvalue weighted by atomic mass is 16.5. The van der Waals surface area contributed by atoms with Crippen LogP contribution in [0.15, 0.2) is 54.6 Å². The molecule has 2 saturated heterocycles. The highest BCUT2D eigenvalue weighted by molar-refractivity contribution is 6.22. The Labute approximate surface area is 210 Å². The van der Waals surface area contributed by atoms with Crippen LogP contribution in [0.5, 0.6) is 5.75 Å². The molecule has 186 valence electrons. The van der Waals surface area contributed by atoms with Gasteiger partial charge in [0.2, 0.25) is 17.7 Å². The lowest BCUT2D eigenvalue weighted by Crippen LogP contribution is -2.30. The van der Waals surface area contributed by atoms with E-state index < -0.39 is 11.9 Å². The van der Waals surface area contributed by atoms with Crippen molar-refractivity contribution in [1.29, 1.82) is 0 Å². The van der Waals surface area contributed by atoms with Crippen LogP contribution in [0, 0.1) is 17.8 Å². The van der Waals surface area contributed by atoms with E-state index in [-0.39, 0.29) is 42.5 Å². The summed E-state index contributed by atoms with van der Waals surface area (Å²) < 4.78 is 5.59. The van der Waals surface area contributed by atoms with Crippen molar-refractivity contribution in [2.75, 3.05) is 16.3 Å². The van der Waals surface area contributed by atoms with Gasteiger partial charge >= 0.3 is 5.97 Å². The first-order chi connectivity index (χ1) is 17.4. The number of allylic oxidation sites excluding steroid dienone is 2. The highest BCUT2D eigenvalue weighted by Gasteiger charge is 2.47. The minimum absolute atomic E-state index is 0.0788. The van der Waals surface area contributed by atoms with Crippen LogP contribution in [0.25, 0.3) is 0 Å². The number of carbonyl (C=O) groups excluding carboxylic acids is 4. The SMILES string of the molecule is CCc1cccc(CC)c1N1C[C@H](C(=O)Oc2ccc(N3C(=O)[C@H]4CC=CC[C@H]4C3=O)cc2)CC1=O. The average Bonchev–Trinajstić information content (AvgIpc) is 3.41. The molecule has 36 heavy (non-hydrogen) atoms. The Balaban J connectivity index is 1.27. The molecule has 2 heterocycles. The number of aryl methyl sites for hydroxylation is 2. The number of carbonyl (C=O) groups is 4. The summed E-state index contributed by atoms with van der Waals surface area (Å²) >= 11 is 0. The molecule has 0 N–H and O–H groups in total. The predicted molar refractivity (Wildman–Crippen MR) is 136 cm³/mol. The number of anilines is 2. The maximum absolute atomic E-state index is 12.9. The zero-order chi connectivity index (χ0) is 25.4. The van der Waals surface area contributed by atoms with E-state index in [9.17, 15) is 19.2 Å². The number of esters is 1. The third-order valence-electron chi connectivity index (χ3n) is 7.51. The van der Waals surface area contributed by atoms with Crippen molar-refractivity contribution in [2.24, 2.45) is 17.8 Å². The van der Waals surface area contributed by atoms with Crippen LogP contribution in [-0.4, -0.2) is 30.2 Å². The van der Waals surface area contributed by atoms with Gasteiger partial charge in [-0.05, 0) is 61.1 Å². The fraction of sp³-hybridized carbons (Fsp3) is 0.379. The Kier molecular flexibility index (Phi) is 6.48. The van der Waals surface area contributed by atoms with Crippen LogP contribution in [0.4, 0.5) is 11.4 Å². The molecule has 2 fully saturated rings. The summed E-state index contributed by atoms with van der Waals surface area (Å²) in [5.41, 5.74) is 3.58. The number of hydrogen-bond acceptors (Lipinski definition) is 5. The molecule has 2 aromatic rings. The topological polar surface area (TPSA) is 84.0 Å². The Morgan fingerprint density at radius 2 is 1.47 bits per heavy atom. The second-order valence-electron chi connectivity index (χ2n) is 9.62. The van der Waals surface area contributed by atoms with Crippen LogP contribution >= 0.6 is 0 Å². The van der Waals surface area contributed by atoms with Gasteiger partial charge in [-0.15, -0.1) is 0 Å². The second-order valence-corrected chi connectivity index (χ2v) is 9.62. The summed E-state index contributed by atoms with van der Waals surface area (Å²) in [4.78, 5) is 54.4. The van der Waals surface area contributed by atoms with E-state index in [1.807, 2.05) is 30.4 Å². The number of fused-ring (bicyclic) bond motifs is 1. The molecular weight excluding hydrogens is 456 g/mol. The van der Waals surface area contributed by atoms with Crippen LogP contribution in [0.1, 0.15) is 44.2 Å². The molecule has 2 aromatic carbocycles. The molecule has 0 bridgehead atoms. The molecule has 0 unspecified atom stereocenters. The molecule has 7 heteroatoms. The molecule has 3 aliphatic rings. The first-order valence-corrected chi connectivity index (χ1v) is 12.7. The number of nitrogens with zero attached hydrogens (tertiary/aromatic N) is 2. The van der Waals surface area contributed by atoms with Gasteiger partial charge in [0.1, 0.15) is 5.75 Å². The summed E-state index contributed by atoms with van der Waals surface area (Å²) in [6, 6.07) is 12.5. The first-order valence-electron chi connectivity index (χ1n) is 12.7. The average molecular weight is 487 g/mol. The van der Waals surface area contributed by atoms with E-state index in [0.717, 1.165) is 29.7 Å². The van der Waals surface area contributed by atoms with Crippen LogP contribution in [0.2, 0.25) is 0 Å². The van der Waals surface area contributed by atoms with Crippen LogP contribution < -0.4 is 14.5 Å². The molecule has 0 aromatic heterocycles. The summed E-state index contributed by atoms with van der Waals surface area (Å²) in [6.07, 6.45) is 6.78. The summed E-state index contributed by atoms with van der Waals surface area (Å²) in [5, 5.41) is 0. The summed E-state index contributed by atoms with van der Waals surface area (Å²) in [6.45, 7) is 4.40. The molecule has 3 amide bonds. The van der Waals surface area contributed by atoms with E-state index in [4.69, 9.17) is 4.74 Å². The molecule has 0 saturated carbocycles. The predicted octanol–water partition coefficient (Wildman–Crippen LogP) is 4.23. The molecule has 0 spiro atoms. The van der Waals surface area contributed by atoms with E-state index in [1.54, 1.807) is 29.2 Å². The maximum Gasteiger partial charge on any atom is 0.316 e. The van der Waals surface area contributed by atoms with Crippen molar-refractivity contribution < 1.29 is 23.9 Å². The second kappa shape index (κ2) is 9.72. The van der Waals surface area contributed by atoms with Crippen LogP contribution in [0.3, 0.4) is 0 Å². The molecule has 3 atom stereocenters. The third-order valence-corrected chi connectivity index (χ3v) is 7.51. The van der Waals surface area contributed by atoms with Crippen molar-refractivity contribution >= 4 is 35.1 Å². The van der Waals surface area contributed by atoms with Crippen molar-refractivity contribution in [3.63, 3.8) is 0 Å². The van der Waals surface area contributed by atoms with Gasteiger partial charge in [-0.25, -0.2) is 0 Å². The molecule has 2 aliphatic heterocycles. The van der Waals surface area contributed by atoms with Gasteiger partial charge < -0.3 is 9.64 Å². The monoisotopic (exact) mass is 486 g/mol. The zero-order valence-corrected chi connectivity index (χ0v) is 20.6. The van der Waals surface area contributed by atoms with Crippen LogP contribution in [-0.2, 0) is 32.0 Å². The highest BCUT2D eigenvalue weighted by Crippen LogP contribution is 2.38. The molecule has 7 nitrogen and oxygen atoms in total. The number of benzene rings is 2. The lowest BCUT2D eigenvalue weighted by molar-refractivity contribution is -0.139. The van der Waals surface area contributed by atoms with E-state index >= 15 is 0 Å². The van der Waals surface area contributed by atoms with Gasteiger partial charge in [0.05, 0.1) is 23.4 Å². The van der Waals surface area contributed by atoms with Gasteiger partial charge in [-0.2, -0.15) is 0 Å². The Morgan fingerprint density at radius 1 is 0.889 bits per heavy atom. The Bertz CT molecular complexity index is 1200. The quantitative estimate of drug-likeness (QED) is 0.264. The van der Waals surface area contributed by atoms with Gasteiger partial charge in [-0.3, -0.25) is 24.1 Å². The first kappa shape index (κ1) is 24.0. The van der Waals surface area contributed by atoms with Crippen molar-refractivity contribution in [3.8, 4) is 5.75 Å². The maximum atomic E-state index is 12.9. The van der Waals surface area contributed by atoms with Crippen molar-refractivity contribution in [1.82, 2.24) is 0 Å². The number of ether oxygens (including phenoxy) is 1. The van der Waals surface area contributed by atoms with Crippen molar-refractivity contribution in [3.05, 3.63) is 65.7 Å². The molecule has 1 aliphatic carbocycles. The standard InChI is InChI=1S/C29H30N2O5/c1-3-18-8-7-9-19(4-2)26(18)30-17-20(16-25(30)32)29(35)36-22-14-12-21(13-15-22)31-27(33)23-10-5-6-11-24(23)28(31)34/h5-9,12-15,20,23-24H,3-4,10-11,16-17H2,1-2H3/t20-,23-,24+/m1/s1. The third kappa shape index (κ3) is 4.12. The van der Waals surface area contributed by atoms with Crippen molar-refractivity contribution in [2.45, 2.75) is 46.0 Å². The lowest BCUT2D eigenvalue weighted by atomic mass is 9.85. The number of imide groups is 1. The van der Waals surface area contributed by atoms with Gasteiger partial charge in [0, 0.05) is 18.7 Å². The lowest BCUT2D eigenvalue weighted by Gasteiger charge is -2.23. The number of amides is 3. The fourth-order valence-corrected chi connectivity index (χ4v) is 5.56. The molecule has 5 rings (SSSR count). The van der Waals surface area contributed by atoms with Gasteiger partial charge in [0.25, 0.3) is 0 Å². The molecule has 0 radical (unpaired) electrons. The minimum Gasteiger partial charge on any atom is -0.426 e. The Hall–Kier alpha value is -3.74. The summed E-state index contributed by atoms with van der Waals surface area (Å²) in [7, 11) is 0.